The molecule has 1 amide bonds. The van der Waals surface area contributed by atoms with E-state index in [4.69, 9.17) is 9.88 Å². The molecule has 1 unspecified atom stereocenters. The summed E-state index contributed by atoms with van der Waals surface area (Å²) in [6.07, 6.45) is 2.77. The lowest BCUT2D eigenvalue weighted by Crippen LogP contribution is -2.31. The number of carbonyl (C=O) groups is 1. The van der Waals surface area contributed by atoms with E-state index in [0.29, 0.717) is 19.6 Å². The SMILES string of the molecule is Cn1cc(S(N)(=O)=O)c(NC(=O)C2CCCOC2)n1. The smallest absolute Gasteiger partial charge is 0.243 e. The zero-order valence-corrected chi connectivity index (χ0v) is 11.3. The Morgan fingerprint density at radius 1 is 1.63 bits per heavy atom. The first-order valence-electron chi connectivity index (χ1n) is 5.83. The van der Waals surface area contributed by atoms with Crippen molar-refractivity contribution in [2.75, 3.05) is 18.5 Å². The first-order valence-corrected chi connectivity index (χ1v) is 7.37. The van der Waals surface area contributed by atoms with Crippen molar-refractivity contribution in [1.82, 2.24) is 9.78 Å². The Bertz CT molecular complexity index is 574. The van der Waals surface area contributed by atoms with E-state index in [2.05, 4.69) is 10.4 Å². The summed E-state index contributed by atoms with van der Waals surface area (Å²) in [6, 6.07) is 0. The van der Waals surface area contributed by atoms with Crippen LogP contribution in [-0.2, 0) is 26.6 Å². The van der Waals surface area contributed by atoms with Crippen LogP contribution in [0.4, 0.5) is 5.82 Å². The Kier molecular flexibility index (Phi) is 3.88. The van der Waals surface area contributed by atoms with Crippen molar-refractivity contribution in [2.45, 2.75) is 17.7 Å². The molecular formula is C10H16N4O4S. The van der Waals surface area contributed by atoms with Gasteiger partial charge in [-0.05, 0) is 12.8 Å². The molecule has 2 rings (SSSR count). The molecule has 0 spiro atoms. The maximum absolute atomic E-state index is 12.0. The number of hydrogen-bond donors (Lipinski definition) is 2. The van der Waals surface area contributed by atoms with Gasteiger partial charge in [-0.25, -0.2) is 13.6 Å². The van der Waals surface area contributed by atoms with Crippen LogP contribution in [0.25, 0.3) is 0 Å². The quantitative estimate of drug-likeness (QED) is 0.772. The lowest BCUT2D eigenvalue weighted by atomic mass is 10.0. The van der Waals surface area contributed by atoms with Crippen LogP contribution in [0.3, 0.4) is 0 Å². The number of sulfonamides is 1. The van der Waals surface area contributed by atoms with E-state index in [1.165, 1.54) is 10.9 Å². The van der Waals surface area contributed by atoms with Crippen molar-refractivity contribution in [1.29, 1.82) is 0 Å². The number of rotatable bonds is 3. The maximum atomic E-state index is 12.0. The van der Waals surface area contributed by atoms with Crippen molar-refractivity contribution in [3.05, 3.63) is 6.20 Å². The third kappa shape index (κ3) is 3.31. The molecule has 1 atom stereocenters. The molecule has 1 aromatic heterocycles. The van der Waals surface area contributed by atoms with E-state index in [0.717, 1.165) is 6.42 Å². The van der Waals surface area contributed by atoms with Gasteiger partial charge in [-0.1, -0.05) is 0 Å². The van der Waals surface area contributed by atoms with E-state index < -0.39 is 10.0 Å². The molecule has 0 aromatic carbocycles. The van der Waals surface area contributed by atoms with Crippen molar-refractivity contribution in [3.8, 4) is 0 Å². The van der Waals surface area contributed by atoms with E-state index in [1.54, 1.807) is 7.05 Å². The Morgan fingerprint density at radius 2 is 2.37 bits per heavy atom. The molecule has 19 heavy (non-hydrogen) atoms. The normalized spacial score (nSPS) is 20.2. The van der Waals surface area contributed by atoms with Gasteiger partial charge in [0.2, 0.25) is 15.9 Å². The second kappa shape index (κ2) is 5.27. The fourth-order valence-corrected chi connectivity index (χ4v) is 2.59. The summed E-state index contributed by atoms with van der Waals surface area (Å²) in [6.45, 7) is 0.985. The van der Waals surface area contributed by atoms with Crippen LogP contribution < -0.4 is 10.5 Å². The van der Waals surface area contributed by atoms with E-state index in [-0.39, 0.29) is 22.5 Å². The summed E-state index contributed by atoms with van der Waals surface area (Å²) in [7, 11) is -2.37. The van der Waals surface area contributed by atoms with Crippen LogP contribution >= 0.6 is 0 Å². The van der Waals surface area contributed by atoms with Crippen molar-refractivity contribution in [3.63, 3.8) is 0 Å². The molecule has 9 heteroatoms. The average molecular weight is 288 g/mol. The molecule has 0 saturated carbocycles. The predicted octanol–water partition coefficient (Wildman–Crippen LogP) is -0.567. The number of aryl methyl sites for hydroxylation is 1. The number of nitrogens with one attached hydrogen (secondary N) is 1. The predicted molar refractivity (Wildman–Crippen MR) is 66.8 cm³/mol. The third-order valence-corrected chi connectivity index (χ3v) is 3.79. The van der Waals surface area contributed by atoms with Gasteiger partial charge >= 0.3 is 0 Å². The molecule has 1 aliphatic heterocycles. The average Bonchev–Trinajstić information content (AvgIpc) is 2.71. The molecule has 0 aliphatic carbocycles. The fourth-order valence-electron chi connectivity index (χ4n) is 1.93. The van der Waals surface area contributed by atoms with E-state index >= 15 is 0 Å². The second-order valence-corrected chi connectivity index (χ2v) is 5.99. The van der Waals surface area contributed by atoms with Gasteiger partial charge in [0.1, 0.15) is 4.90 Å². The minimum atomic E-state index is -3.92. The highest BCUT2D eigenvalue weighted by molar-refractivity contribution is 7.89. The van der Waals surface area contributed by atoms with Crippen molar-refractivity contribution in [2.24, 2.45) is 18.1 Å². The van der Waals surface area contributed by atoms with Crippen LogP contribution in [0, 0.1) is 5.92 Å². The van der Waals surface area contributed by atoms with Gasteiger partial charge in [-0.15, -0.1) is 0 Å². The van der Waals surface area contributed by atoms with Crippen LogP contribution in [-0.4, -0.2) is 37.3 Å². The number of aromatic nitrogens is 2. The van der Waals surface area contributed by atoms with Crippen molar-refractivity contribution < 1.29 is 17.9 Å². The zero-order chi connectivity index (χ0) is 14.0. The van der Waals surface area contributed by atoms with Gasteiger partial charge in [0.25, 0.3) is 0 Å². The first-order chi connectivity index (χ1) is 8.88. The molecule has 2 heterocycles. The summed E-state index contributed by atoms with van der Waals surface area (Å²) < 4.78 is 29.2. The number of primary sulfonamides is 1. The number of nitrogens with two attached hydrogens (primary N) is 1. The number of anilines is 1. The molecule has 3 N–H and O–H groups in total. The molecule has 0 radical (unpaired) electrons. The van der Waals surface area contributed by atoms with Gasteiger partial charge in [0.15, 0.2) is 5.82 Å². The minimum absolute atomic E-state index is 0.0411. The first kappa shape index (κ1) is 14.0. The molecule has 8 nitrogen and oxygen atoms in total. The third-order valence-electron chi connectivity index (χ3n) is 2.87. The standard InChI is InChI=1S/C10H16N4O4S/c1-14-5-8(19(11,16)17)9(13-14)12-10(15)7-3-2-4-18-6-7/h5,7H,2-4,6H2,1H3,(H2,11,16,17)(H,12,13,15). The van der Waals surface area contributed by atoms with Gasteiger partial charge in [-0.2, -0.15) is 5.10 Å². The summed E-state index contributed by atoms with van der Waals surface area (Å²) in [5, 5.41) is 11.5. The maximum Gasteiger partial charge on any atom is 0.243 e. The number of carbonyl (C=O) groups excluding carboxylic acids is 1. The Labute approximate surface area is 111 Å². The second-order valence-electron chi connectivity index (χ2n) is 4.46. The number of nitrogens with zero attached hydrogens (tertiary/aromatic N) is 2. The van der Waals surface area contributed by atoms with Crippen LogP contribution in [0.5, 0.6) is 0 Å². The zero-order valence-electron chi connectivity index (χ0n) is 10.5. The highest BCUT2D eigenvalue weighted by Gasteiger charge is 2.25. The Morgan fingerprint density at radius 3 is 2.95 bits per heavy atom. The number of amides is 1. The minimum Gasteiger partial charge on any atom is -0.381 e. The topological polar surface area (TPSA) is 116 Å². The number of hydrogen-bond acceptors (Lipinski definition) is 5. The van der Waals surface area contributed by atoms with Gasteiger partial charge < -0.3 is 10.1 Å². The highest BCUT2D eigenvalue weighted by Crippen LogP contribution is 2.20. The van der Waals surface area contributed by atoms with E-state index in [1.807, 2.05) is 0 Å². The van der Waals surface area contributed by atoms with Gasteiger partial charge in [0, 0.05) is 19.9 Å². The van der Waals surface area contributed by atoms with Crippen LogP contribution in [0.2, 0.25) is 0 Å². The molecule has 106 valence electrons. The van der Waals surface area contributed by atoms with Gasteiger partial charge in [0.05, 0.1) is 12.5 Å². The Hall–Kier alpha value is -1.45. The molecule has 0 bridgehead atoms. The molecule has 1 aliphatic rings. The summed E-state index contributed by atoms with van der Waals surface area (Å²) in [5.41, 5.74) is 0. The fraction of sp³-hybridized carbons (Fsp3) is 0.600. The van der Waals surface area contributed by atoms with E-state index in [9.17, 15) is 13.2 Å². The lowest BCUT2D eigenvalue weighted by molar-refractivity contribution is -0.123. The Balaban J connectivity index is 2.17. The molecular weight excluding hydrogens is 272 g/mol. The van der Waals surface area contributed by atoms with Gasteiger partial charge in [-0.3, -0.25) is 9.48 Å². The summed E-state index contributed by atoms with van der Waals surface area (Å²) in [5.74, 6) is -0.632. The monoisotopic (exact) mass is 288 g/mol. The lowest BCUT2D eigenvalue weighted by Gasteiger charge is -2.20. The highest BCUT2D eigenvalue weighted by atomic mass is 32.2. The molecule has 1 aromatic rings. The van der Waals surface area contributed by atoms with Crippen molar-refractivity contribution >= 4 is 21.7 Å². The van der Waals surface area contributed by atoms with Crippen LogP contribution in [0.1, 0.15) is 12.8 Å². The largest absolute Gasteiger partial charge is 0.381 e. The molecule has 1 fully saturated rings. The summed E-state index contributed by atoms with van der Waals surface area (Å²) in [4.78, 5) is 11.8. The molecule has 1 saturated heterocycles. The van der Waals surface area contributed by atoms with Crippen LogP contribution in [0.15, 0.2) is 11.1 Å². The number of ether oxygens (including phenoxy) is 1. The summed E-state index contributed by atoms with van der Waals surface area (Å²) >= 11 is 0.